The predicted molar refractivity (Wildman–Crippen MR) is 49.1 cm³/mol. The fourth-order valence-electron chi connectivity index (χ4n) is 1.17. The van der Waals surface area contributed by atoms with E-state index in [0.29, 0.717) is 5.92 Å². The van der Waals surface area contributed by atoms with E-state index >= 15 is 0 Å². The molecule has 3 heteroatoms. The predicted octanol–water partition coefficient (Wildman–Crippen LogP) is 1.69. The van der Waals surface area contributed by atoms with E-state index in [-0.39, 0.29) is 0 Å². The van der Waals surface area contributed by atoms with Crippen molar-refractivity contribution < 1.29 is 0 Å². The first-order chi connectivity index (χ1) is 5.77. The van der Waals surface area contributed by atoms with E-state index in [4.69, 9.17) is 0 Å². The van der Waals surface area contributed by atoms with Gasteiger partial charge in [-0.05, 0) is 13.0 Å². The van der Waals surface area contributed by atoms with Crippen LogP contribution >= 0.6 is 0 Å². The molecule has 1 aliphatic heterocycles. The molecule has 0 N–H and O–H groups in total. The first-order valence-electron chi connectivity index (χ1n) is 4.04. The van der Waals surface area contributed by atoms with Crippen LogP contribution in [0.25, 0.3) is 6.08 Å². The summed E-state index contributed by atoms with van der Waals surface area (Å²) in [6, 6.07) is 0. The normalized spacial score (nSPS) is 20.7. The Morgan fingerprint density at radius 3 is 3.17 bits per heavy atom. The van der Waals surface area contributed by atoms with E-state index in [1.807, 2.05) is 30.1 Å². The van der Waals surface area contributed by atoms with Gasteiger partial charge in [0.1, 0.15) is 0 Å². The van der Waals surface area contributed by atoms with Gasteiger partial charge in [0, 0.05) is 12.1 Å². The second-order valence-corrected chi connectivity index (χ2v) is 3.05. The van der Waals surface area contributed by atoms with E-state index in [1.165, 1.54) is 0 Å². The van der Waals surface area contributed by atoms with Gasteiger partial charge in [-0.15, -0.1) is 0 Å². The maximum atomic E-state index is 4.29. The topological polar surface area (TPSA) is 30.2 Å². The van der Waals surface area contributed by atoms with E-state index in [0.717, 1.165) is 11.5 Å². The van der Waals surface area contributed by atoms with E-state index in [9.17, 15) is 0 Å². The molecule has 0 amide bonds. The zero-order valence-corrected chi connectivity index (χ0v) is 7.23. The van der Waals surface area contributed by atoms with Crippen LogP contribution in [0.1, 0.15) is 18.4 Å². The summed E-state index contributed by atoms with van der Waals surface area (Å²) < 4.78 is 1.85. The highest BCUT2D eigenvalue weighted by Gasteiger charge is 2.05. The first kappa shape index (κ1) is 7.28. The van der Waals surface area contributed by atoms with Gasteiger partial charge < -0.3 is 0 Å². The number of nitrogens with zero attached hydrogens (tertiary/aromatic N) is 3. The zero-order chi connectivity index (χ0) is 8.55. The third-order valence-electron chi connectivity index (χ3n) is 1.90. The van der Waals surface area contributed by atoms with E-state index in [2.05, 4.69) is 23.1 Å². The van der Waals surface area contributed by atoms with Crippen molar-refractivity contribution in [3.63, 3.8) is 0 Å². The van der Waals surface area contributed by atoms with Crippen molar-refractivity contribution in [3.8, 4) is 0 Å². The summed E-state index contributed by atoms with van der Waals surface area (Å²) >= 11 is 0. The molecule has 62 valence electrons. The SMILES string of the molecule is Cc1cnc2n1N=CC(C)C=C2. The summed E-state index contributed by atoms with van der Waals surface area (Å²) in [7, 11) is 0. The lowest BCUT2D eigenvalue weighted by Gasteiger charge is -1.96. The Morgan fingerprint density at radius 2 is 2.33 bits per heavy atom. The number of fused-ring (bicyclic) bond motifs is 1. The maximum Gasteiger partial charge on any atom is 0.153 e. The molecule has 0 saturated carbocycles. The van der Waals surface area contributed by atoms with Crippen molar-refractivity contribution in [3.05, 3.63) is 23.8 Å². The zero-order valence-electron chi connectivity index (χ0n) is 7.23. The molecule has 1 unspecified atom stereocenters. The Balaban J connectivity index is 2.54. The average Bonchev–Trinajstić information content (AvgIpc) is 2.28. The first-order valence-corrected chi connectivity index (χ1v) is 4.04. The Bertz CT molecular complexity index is 347. The molecule has 1 aliphatic rings. The van der Waals surface area contributed by atoms with Gasteiger partial charge in [0.25, 0.3) is 0 Å². The minimum Gasteiger partial charge on any atom is -0.235 e. The number of aromatic nitrogens is 2. The molecular formula is C9H11N3. The minimum absolute atomic E-state index is 0.395. The molecule has 2 rings (SSSR count). The van der Waals surface area contributed by atoms with Crippen molar-refractivity contribution in [2.75, 3.05) is 0 Å². The van der Waals surface area contributed by atoms with Crippen LogP contribution in [0, 0.1) is 12.8 Å². The van der Waals surface area contributed by atoms with Crippen LogP contribution in [0.3, 0.4) is 0 Å². The van der Waals surface area contributed by atoms with Crippen molar-refractivity contribution in [2.45, 2.75) is 13.8 Å². The third kappa shape index (κ3) is 1.07. The monoisotopic (exact) mass is 161 g/mol. The highest BCUT2D eigenvalue weighted by Crippen LogP contribution is 2.10. The van der Waals surface area contributed by atoms with E-state index in [1.54, 1.807) is 0 Å². The van der Waals surface area contributed by atoms with Crippen LogP contribution in [0.15, 0.2) is 17.4 Å². The van der Waals surface area contributed by atoms with Gasteiger partial charge in [-0.1, -0.05) is 13.0 Å². The lowest BCUT2D eigenvalue weighted by molar-refractivity contribution is 0.828. The minimum atomic E-state index is 0.395. The molecule has 1 aromatic heterocycles. The lowest BCUT2D eigenvalue weighted by atomic mass is 10.2. The Labute approximate surface area is 71.4 Å². The summed E-state index contributed by atoms with van der Waals surface area (Å²) in [4.78, 5) is 4.21. The Kier molecular flexibility index (Phi) is 1.57. The van der Waals surface area contributed by atoms with Gasteiger partial charge in [-0.3, -0.25) is 0 Å². The van der Waals surface area contributed by atoms with Crippen LogP contribution in [-0.4, -0.2) is 15.9 Å². The van der Waals surface area contributed by atoms with Gasteiger partial charge >= 0.3 is 0 Å². The third-order valence-corrected chi connectivity index (χ3v) is 1.90. The smallest absolute Gasteiger partial charge is 0.153 e. The molecule has 2 heterocycles. The van der Waals surface area contributed by atoms with Crippen LogP contribution in [0.2, 0.25) is 0 Å². The summed E-state index contributed by atoms with van der Waals surface area (Å²) in [6.45, 7) is 4.10. The lowest BCUT2D eigenvalue weighted by Crippen LogP contribution is -1.94. The number of allylic oxidation sites excluding steroid dienone is 1. The molecule has 0 saturated heterocycles. The van der Waals surface area contributed by atoms with Gasteiger partial charge in [0.15, 0.2) is 5.82 Å². The second kappa shape index (κ2) is 2.59. The summed E-state index contributed by atoms with van der Waals surface area (Å²) in [5.41, 5.74) is 1.07. The summed E-state index contributed by atoms with van der Waals surface area (Å²) in [6.07, 6.45) is 7.84. The van der Waals surface area contributed by atoms with Crippen LogP contribution in [-0.2, 0) is 0 Å². The Hall–Kier alpha value is -1.38. The van der Waals surface area contributed by atoms with Crippen LogP contribution in [0.5, 0.6) is 0 Å². The standard InChI is InChI=1S/C9H11N3/c1-7-3-4-9-10-6-8(2)12(9)11-5-7/h3-7H,1-2H3. The number of rotatable bonds is 0. The van der Waals surface area contributed by atoms with Crippen LogP contribution < -0.4 is 0 Å². The molecule has 3 nitrogen and oxygen atoms in total. The fraction of sp³-hybridized carbons (Fsp3) is 0.333. The van der Waals surface area contributed by atoms with E-state index < -0.39 is 0 Å². The molecule has 0 aliphatic carbocycles. The molecule has 1 atom stereocenters. The van der Waals surface area contributed by atoms with Gasteiger partial charge in [0.05, 0.1) is 11.9 Å². The largest absolute Gasteiger partial charge is 0.235 e. The number of hydrogen-bond acceptors (Lipinski definition) is 2. The van der Waals surface area contributed by atoms with Crippen LogP contribution in [0.4, 0.5) is 0 Å². The highest BCUT2D eigenvalue weighted by atomic mass is 15.4. The summed E-state index contributed by atoms with van der Waals surface area (Å²) in [5, 5.41) is 4.29. The average molecular weight is 161 g/mol. The van der Waals surface area contributed by atoms with Crippen molar-refractivity contribution in [2.24, 2.45) is 11.0 Å². The van der Waals surface area contributed by atoms with Gasteiger partial charge in [-0.2, -0.15) is 5.10 Å². The molecule has 0 spiro atoms. The molecular weight excluding hydrogens is 150 g/mol. The van der Waals surface area contributed by atoms with Gasteiger partial charge in [0.2, 0.25) is 0 Å². The number of aryl methyl sites for hydroxylation is 1. The molecule has 0 fully saturated rings. The maximum absolute atomic E-state index is 4.29. The molecule has 0 radical (unpaired) electrons. The molecule has 0 bridgehead atoms. The van der Waals surface area contributed by atoms with Crippen molar-refractivity contribution in [1.29, 1.82) is 0 Å². The molecule has 12 heavy (non-hydrogen) atoms. The number of hydrogen-bond donors (Lipinski definition) is 0. The highest BCUT2D eigenvalue weighted by molar-refractivity contribution is 5.66. The second-order valence-electron chi connectivity index (χ2n) is 3.05. The van der Waals surface area contributed by atoms with Gasteiger partial charge in [-0.25, -0.2) is 9.66 Å². The molecule has 1 aromatic rings. The van der Waals surface area contributed by atoms with Crippen molar-refractivity contribution in [1.82, 2.24) is 9.66 Å². The van der Waals surface area contributed by atoms with Crippen molar-refractivity contribution >= 4 is 12.3 Å². The fourth-order valence-corrected chi connectivity index (χ4v) is 1.17. The summed E-state index contributed by atoms with van der Waals surface area (Å²) in [5.74, 6) is 1.30. The molecule has 0 aromatic carbocycles. The number of imidazole rings is 1. The quantitative estimate of drug-likeness (QED) is 0.569. The Morgan fingerprint density at radius 1 is 1.50 bits per heavy atom.